The number of sulfone groups is 1. The first-order chi connectivity index (χ1) is 10.6. The minimum absolute atomic E-state index is 0.0196. The molecule has 2 unspecified atom stereocenters. The zero-order valence-electron chi connectivity index (χ0n) is 14.1. The Hall–Kier alpha value is -1.56. The lowest BCUT2D eigenvalue weighted by molar-refractivity contribution is -0.127. The molecule has 2 rings (SSSR count). The molecule has 0 radical (unpaired) electrons. The summed E-state index contributed by atoms with van der Waals surface area (Å²) in [6, 6.07) is 7.38. The Morgan fingerprint density at radius 1 is 1.26 bits per heavy atom. The number of amides is 1. The van der Waals surface area contributed by atoms with Gasteiger partial charge in [0.2, 0.25) is 0 Å². The van der Waals surface area contributed by atoms with Crippen molar-refractivity contribution in [2.75, 3.05) is 11.5 Å². The molecule has 1 fully saturated rings. The van der Waals surface area contributed by atoms with Crippen LogP contribution < -0.4 is 10.1 Å². The van der Waals surface area contributed by atoms with Gasteiger partial charge in [-0.15, -0.1) is 0 Å². The van der Waals surface area contributed by atoms with Crippen molar-refractivity contribution in [3.63, 3.8) is 0 Å². The zero-order chi connectivity index (χ0) is 17.3. The Bertz CT molecular complexity index is 659. The molecule has 1 heterocycles. The molecule has 2 atom stereocenters. The van der Waals surface area contributed by atoms with Crippen molar-refractivity contribution < 1.29 is 17.9 Å². The first-order valence-corrected chi connectivity index (χ1v) is 9.67. The molecule has 5 nitrogen and oxygen atoms in total. The lowest BCUT2D eigenvalue weighted by Crippen LogP contribution is -2.43. The first kappa shape index (κ1) is 17.8. The van der Waals surface area contributed by atoms with Crippen LogP contribution >= 0.6 is 0 Å². The smallest absolute Gasteiger partial charge is 0.261 e. The van der Waals surface area contributed by atoms with Crippen molar-refractivity contribution in [3.8, 4) is 5.75 Å². The number of hydrogen-bond donors (Lipinski definition) is 1. The molecule has 6 heteroatoms. The first-order valence-electron chi connectivity index (χ1n) is 7.85. The molecule has 0 aliphatic carbocycles. The minimum atomic E-state index is -3.00. The number of ether oxygens (including phenoxy) is 1. The highest BCUT2D eigenvalue weighted by molar-refractivity contribution is 7.91. The molecule has 0 aromatic heterocycles. The van der Waals surface area contributed by atoms with Gasteiger partial charge in [-0.2, -0.15) is 0 Å². The van der Waals surface area contributed by atoms with Crippen LogP contribution in [0.3, 0.4) is 0 Å². The number of nitrogens with one attached hydrogen (secondary N) is 1. The molecule has 0 bridgehead atoms. The van der Waals surface area contributed by atoms with Gasteiger partial charge in [-0.1, -0.05) is 32.9 Å². The molecule has 1 aliphatic heterocycles. The van der Waals surface area contributed by atoms with E-state index in [1.807, 2.05) is 24.3 Å². The lowest BCUT2D eigenvalue weighted by atomic mass is 9.87. The summed E-state index contributed by atoms with van der Waals surface area (Å²) in [7, 11) is -3.00. The maximum atomic E-state index is 12.1. The average molecular weight is 339 g/mol. The van der Waals surface area contributed by atoms with Gasteiger partial charge < -0.3 is 10.1 Å². The van der Waals surface area contributed by atoms with E-state index in [0.29, 0.717) is 12.2 Å². The number of rotatable bonds is 4. The van der Waals surface area contributed by atoms with Crippen molar-refractivity contribution in [3.05, 3.63) is 29.8 Å². The monoisotopic (exact) mass is 339 g/mol. The van der Waals surface area contributed by atoms with Crippen LogP contribution in [0.4, 0.5) is 0 Å². The predicted octanol–water partition coefficient (Wildman–Crippen LogP) is 2.05. The van der Waals surface area contributed by atoms with Gasteiger partial charge in [0.05, 0.1) is 11.5 Å². The van der Waals surface area contributed by atoms with Crippen LogP contribution in [0, 0.1) is 0 Å². The van der Waals surface area contributed by atoms with Crippen molar-refractivity contribution in [2.45, 2.75) is 51.7 Å². The van der Waals surface area contributed by atoms with Crippen molar-refractivity contribution >= 4 is 15.7 Å². The van der Waals surface area contributed by atoms with Crippen LogP contribution in [0.2, 0.25) is 0 Å². The molecule has 1 aromatic rings. The molecular formula is C17H25NO4S. The Balaban J connectivity index is 1.91. The van der Waals surface area contributed by atoms with Gasteiger partial charge in [0.15, 0.2) is 15.9 Å². The summed E-state index contributed by atoms with van der Waals surface area (Å²) in [5.74, 6) is 0.499. The van der Waals surface area contributed by atoms with Crippen LogP contribution in [0.25, 0.3) is 0 Å². The number of carbonyl (C=O) groups is 1. The van der Waals surface area contributed by atoms with Gasteiger partial charge in [0.1, 0.15) is 5.75 Å². The molecule has 23 heavy (non-hydrogen) atoms. The average Bonchev–Trinajstić information content (AvgIpc) is 2.77. The molecule has 1 aromatic carbocycles. The summed E-state index contributed by atoms with van der Waals surface area (Å²) in [6.07, 6.45) is -0.194. The van der Waals surface area contributed by atoms with E-state index in [1.165, 1.54) is 5.56 Å². The molecule has 1 N–H and O–H groups in total. The maximum Gasteiger partial charge on any atom is 0.261 e. The Morgan fingerprint density at radius 3 is 2.35 bits per heavy atom. The summed E-state index contributed by atoms with van der Waals surface area (Å²) < 4.78 is 28.5. The summed E-state index contributed by atoms with van der Waals surface area (Å²) in [5, 5.41) is 2.75. The maximum absolute atomic E-state index is 12.1. The zero-order valence-corrected chi connectivity index (χ0v) is 14.9. The van der Waals surface area contributed by atoms with Crippen molar-refractivity contribution in [1.29, 1.82) is 0 Å². The van der Waals surface area contributed by atoms with E-state index in [2.05, 4.69) is 26.1 Å². The van der Waals surface area contributed by atoms with Crippen LogP contribution in [-0.4, -0.2) is 38.0 Å². The van der Waals surface area contributed by atoms with Crippen LogP contribution in [0.15, 0.2) is 24.3 Å². The highest BCUT2D eigenvalue weighted by Gasteiger charge is 2.30. The van der Waals surface area contributed by atoms with Crippen LogP contribution in [-0.2, 0) is 20.0 Å². The number of hydrogen-bond acceptors (Lipinski definition) is 4. The van der Waals surface area contributed by atoms with Gasteiger partial charge in [0, 0.05) is 6.04 Å². The van der Waals surface area contributed by atoms with E-state index in [0.717, 1.165) is 0 Å². The van der Waals surface area contributed by atoms with E-state index in [1.54, 1.807) is 6.92 Å². The second-order valence-corrected chi connectivity index (χ2v) is 9.37. The third kappa shape index (κ3) is 4.96. The van der Waals surface area contributed by atoms with E-state index < -0.39 is 15.9 Å². The fourth-order valence-electron chi connectivity index (χ4n) is 2.52. The fourth-order valence-corrected chi connectivity index (χ4v) is 4.19. The van der Waals surface area contributed by atoms with E-state index in [4.69, 9.17) is 4.74 Å². The van der Waals surface area contributed by atoms with Gasteiger partial charge in [-0.25, -0.2) is 8.42 Å². The summed E-state index contributed by atoms with van der Waals surface area (Å²) in [5.41, 5.74) is 1.26. The summed E-state index contributed by atoms with van der Waals surface area (Å²) in [4.78, 5) is 12.1. The molecule has 1 saturated heterocycles. The highest BCUT2D eigenvalue weighted by atomic mass is 32.2. The standard InChI is InChI=1S/C17H25NO4S/c1-12(16(19)18-14-9-10-23(20,21)11-14)22-15-7-5-13(6-8-15)17(2,3)4/h5-8,12,14H,9-11H2,1-4H3,(H,18,19). The second kappa shape index (κ2) is 6.51. The van der Waals surface area contributed by atoms with Crippen molar-refractivity contribution in [2.24, 2.45) is 0 Å². The molecular weight excluding hydrogens is 314 g/mol. The predicted molar refractivity (Wildman–Crippen MR) is 90.4 cm³/mol. The van der Waals surface area contributed by atoms with Crippen LogP contribution in [0.1, 0.15) is 39.7 Å². The van der Waals surface area contributed by atoms with E-state index >= 15 is 0 Å². The lowest BCUT2D eigenvalue weighted by Gasteiger charge is -2.20. The van der Waals surface area contributed by atoms with E-state index in [9.17, 15) is 13.2 Å². The van der Waals surface area contributed by atoms with Gasteiger partial charge in [-0.05, 0) is 36.5 Å². The molecule has 1 aliphatic rings. The number of benzene rings is 1. The molecule has 0 saturated carbocycles. The second-order valence-electron chi connectivity index (χ2n) is 7.14. The largest absolute Gasteiger partial charge is 0.481 e. The summed E-state index contributed by atoms with van der Waals surface area (Å²) in [6.45, 7) is 8.06. The third-order valence-corrected chi connectivity index (χ3v) is 5.75. The minimum Gasteiger partial charge on any atom is -0.481 e. The fraction of sp³-hybridized carbons (Fsp3) is 0.588. The highest BCUT2D eigenvalue weighted by Crippen LogP contribution is 2.24. The number of carbonyl (C=O) groups excluding carboxylic acids is 1. The SMILES string of the molecule is CC(Oc1ccc(C(C)(C)C)cc1)C(=O)NC1CCS(=O)(=O)C1. The van der Waals surface area contributed by atoms with Crippen molar-refractivity contribution in [1.82, 2.24) is 5.32 Å². The summed E-state index contributed by atoms with van der Waals surface area (Å²) >= 11 is 0. The molecule has 128 valence electrons. The normalized spacial score (nSPS) is 21.7. The third-order valence-electron chi connectivity index (χ3n) is 3.98. The molecule has 0 spiro atoms. The Kier molecular flexibility index (Phi) is 5.04. The van der Waals surface area contributed by atoms with Gasteiger partial charge >= 0.3 is 0 Å². The van der Waals surface area contributed by atoms with E-state index in [-0.39, 0.29) is 28.9 Å². The molecule has 1 amide bonds. The Labute approximate surface area is 138 Å². The Morgan fingerprint density at radius 2 is 1.87 bits per heavy atom. The van der Waals surface area contributed by atoms with Gasteiger partial charge in [0.25, 0.3) is 5.91 Å². The quantitative estimate of drug-likeness (QED) is 0.911. The van der Waals surface area contributed by atoms with Crippen LogP contribution in [0.5, 0.6) is 5.75 Å². The van der Waals surface area contributed by atoms with Gasteiger partial charge in [-0.3, -0.25) is 4.79 Å². The topological polar surface area (TPSA) is 72.5 Å².